The molecule has 0 spiro atoms. The lowest BCUT2D eigenvalue weighted by molar-refractivity contribution is -0.121. The first-order valence-electron chi connectivity index (χ1n) is 8.64. The number of carbonyl (C=O) groups excluding carboxylic acids is 1. The van der Waals surface area contributed by atoms with Gasteiger partial charge in [0.25, 0.3) is 0 Å². The second-order valence-electron chi connectivity index (χ2n) is 6.72. The normalized spacial score (nSPS) is 15.0. The molecule has 1 saturated carbocycles. The van der Waals surface area contributed by atoms with E-state index in [4.69, 9.17) is 15.2 Å². The van der Waals surface area contributed by atoms with Gasteiger partial charge < -0.3 is 20.5 Å². The number of methoxy groups -OCH3 is 1. The highest BCUT2D eigenvalue weighted by Gasteiger charge is 2.37. The number of hydrogen-bond donors (Lipinski definition) is 2. The van der Waals surface area contributed by atoms with E-state index in [1.807, 2.05) is 19.1 Å². The topological polar surface area (TPSA) is 73.6 Å². The van der Waals surface area contributed by atoms with Crippen LogP contribution in [0.25, 0.3) is 0 Å². The second-order valence-corrected chi connectivity index (χ2v) is 6.72. The Labute approximate surface area is 164 Å². The van der Waals surface area contributed by atoms with Crippen LogP contribution in [-0.4, -0.2) is 18.6 Å². The second kappa shape index (κ2) is 8.59. The first-order valence-corrected chi connectivity index (χ1v) is 8.64. The molecule has 0 heterocycles. The summed E-state index contributed by atoms with van der Waals surface area (Å²) in [4.78, 5) is 12.3. The number of anilines is 1. The fourth-order valence-electron chi connectivity index (χ4n) is 3.13. The quantitative estimate of drug-likeness (QED) is 0.779. The van der Waals surface area contributed by atoms with Crippen LogP contribution in [0.15, 0.2) is 36.4 Å². The largest absolute Gasteiger partial charge is 0.493 e. The van der Waals surface area contributed by atoms with Gasteiger partial charge in [0, 0.05) is 11.8 Å². The summed E-state index contributed by atoms with van der Waals surface area (Å²) in [7, 11) is 1.53. The summed E-state index contributed by atoms with van der Waals surface area (Å²) in [5.74, 6) is 0.133. The predicted octanol–water partition coefficient (Wildman–Crippen LogP) is 4.57. The molecule has 1 fully saturated rings. The molecule has 0 aromatic heterocycles. The number of hydrogen-bond acceptors (Lipinski definition) is 4. The molecule has 146 valence electrons. The SMILES string of the molecule is COc1cc(C)ccc1Oc1ccc(NC(=O)C2(N)CCCC2)cc1F.Cl. The lowest BCUT2D eigenvalue weighted by Gasteiger charge is -2.22. The molecule has 2 aromatic rings. The van der Waals surface area contributed by atoms with E-state index < -0.39 is 11.4 Å². The molecule has 7 heteroatoms. The van der Waals surface area contributed by atoms with Gasteiger partial charge in [-0.05, 0) is 49.6 Å². The number of nitrogens with two attached hydrogens (primary N) is 1. The van der Waals surface area contributed by atoms with E-state index in [1.54, 1.807) is 12.1 Å². The molecule has 1 amide bonds. The molecule has 3 rings (SSSR count). The standard InChI is InChI=1S/C20H23FN2O3.ClH/c1-13-5-7-17(18(11-13)25-2)26-16-8-6-14(12-15(16)21)23-19(24)20(22)9-3-4-10-20;/h5-8,11-12H,3-4,9-10,22H2,1-2H3,(H,23,24);1H. The Morgan fingerprint density at radius 1 is 1.11 bits per heavy atom. The van der Waals surface area contributed by atoms with Crippen molar-refractivity contribution in [3.05, 3.63) is 47.8 Å². The van der Waals surface area contributed by atoms with Crippen molar-refractivity contribution in [2.75, 3.05) is 12.4 Å². The molecule has 0 atom stereocenters. The smallest absolute Gasteiger partial charge is 0.244 e. The maximum atomic E-state index is 14.4. The summed E-state index contributed by atoms with van der Waals surface area (Å²) in [6.45, 7) is 1.93. The van der Waals surface area contributed by atoms with Gasteiger partial charge in [-0.2, -0.15) is 0 Å². The van der Waals surface area contributed by atoms with Gasteiger partial charge in [0.1, 0.15) is 0 Å². The lowest BCUT2D eigenvalue weighted by Crippen LogP contribution is -2.48. The van der Waals surface area contributed by atoms with Gasteiger partial charge >= 0.3 is 0 Å². The molecule has 0 aliphatic heterocycles. The highest BCUT2D eigenvalue weighted by atomic mass is 35.5. The lowest BCUT2D eigenvalue weighted by atomic mass is 9.98. The number of aryl methyl sites for hydroxylation is 1. The van der Waals surface area contributed by atoms with Crippen molar-refractivity contribution in [1.29, 1.82) is 0 Å². The summed E-state index contributed by atoms with van der Waals surface area (Å²) in [5, 5.41) is 2.70. The molecule has 2 aromatic carbocycles. The number of rotatable bonds is 5. The highest BCUT2D eigenvalue weighted by Crippen LogP contribution is 2.34. The fraction of sp³-hybridized carbons (Fsp3) is 0.350. The maximum Gasteiger partial charge on any atom is 0.244 e. The van der Waals surface area contributed by atoms with Gasteiger partial charge in [0.05, 0.1) is 12.6 Å². The Balaban J connectivity index is 0.00000261. The molecule has 0 unspecified atom stereocenters. The molecular weight excluding hydrogens is 371 g/mol. The van der Waals surface area contributed by atoms with Crippen molar-refractivity contribution in [2.24, 2.45) is 5.73 Å². The minimum absolute atomic E-state index is 0. The third kappa shape index (κ3) is 4.70. The third-order valence-electron chi connectivity index (χ3n) is 4.68. The Bertz CT molecular complexity index is 823. The highest BCUT2D eigenvalue weighted by molar-refractivity contribution is 5.98. The van der Waals surface area contributed by atoms with Crippen LogP contribution >= 0.6 is 12.4 Å². The Morgan fingerprint density at radius 3 is 2.41 bits per heavy atom. The molecule has 3 N–H and O–H groups in total. The zero-order valence-corrected chi connectivity index (χ0v) is 16.2. The molecular formula is C20H24ClFN2O3. The summed E-state index contributed by atoms with van der Waals surface area (Å²) in [6.07, 6.45) is 3.17. The minimum atomic E-state index is -0.860. The van der Waals surface area contributed by atoms with Crippen LogP contribution in [0.5, 0.6) is 17.2 Å². The van der Waals surface area contributed by atoms with Crippen LogP contribution < -0.4 is 20.5 Å². The first kappa shape index (κ1) is 21.0. The van der Waals surface area contributed by atoms with Crippen molar-refractivity contribution in [3.8, 4) is 17.2 Å². The van der Waals surface area contributed by atoms with Gasteiger partial charge in [0.15, 0.2) is 23.1 Å². The van der Waals surface area contributed by atoms with Crippen molar-refractivity contribution in [3.63, 3.8) is 0 Å². The first-order chi connectivity index (χ1) is 12.4. The zero-order chi connectivity index (χ0) is 18.7. The van der Waals surface area contributed by atoms with Gasteiger partial charge in [-0.25, -0.2) is 4.39 Å². The number of ether oxygens (including phenoxy) is 2. The summed E-state index contributed by atoms with van der Waals surface area (Å²) < 4.78 is 25.3. The fourth-order valence-corrected chi connectivity index (χ4v) is 3.13. The minimum Gasteiger partial charge on any atom is -0.493 e. The summed E-state index contributed by atoms with van der Waals surface area (Å²) in [5.41, 5.74) is 6.62. The monoisotopic (exact) mass is 394 g/mol. The van der Waals surface area contributed by atoms with Crippen molar-refractivity contribution < 1.29 is 18.7 Å². The van der Waals surface area contributed by atoms with Crippen LogP contribution in [0.1, 0.15) is 31.2 Å². The molecule has 0 bridgehead atoms. The van der Waals surface area contributed by atoms with E-state index >= 15 is 0 Å². The Morgan fingerprint density at radius 2 is 1.78 bits per heavy atom. The van der Waals surface area contributed by atoms with E-state index in [-0.39, 0.29) is 24.1 Å². The summed E-state index contributed by atoms with van der Waals surface area (Å²) in [6, 6.07) is 9.68. The Kier molecular flexibility index (Phi) is 6.68. The van der Waals surface area contributed by atoms with Crippen LogP contribution in [0, 0.1) is 12.7 Å². The van der Waals surface area contributed by atoms with Crippen molar-refractivity contribution in [1.82, 2.24) is 0 Å². The van der Waals surface area contributed by atoms with Crippen LogP contribution in [-0.2, 0) is 4.79 Å². The molecule has 1 aliphatic carbocycles. The van der Waals surface area contributed by atoms with Crippen molar-refractivity contribution in [2.45, 2.75) is 38.1 Å². The molecule has 5 nitrogen and oxygen atoms in total. The van der Waals surface area contributed by atoms with Gasteiger partial charge in [0.2, 0.25) is 5.91 Å². The van der Waals surface area contributed by atoms with Crippen molar-refractivity contribution >= 4 is 24.0 Å². The third-order valence-corrected chi connectivity index (χ3v) is 4.68. The van der Waals surface area contributed by atoms with E-state index in [1.165, 1.54) is 19.2 Å². The molecule has 1 aliphatic rings. The summed E-state index contributed by atoms with van der Waals surface area (Å²) >= 11 is 0. The number of amides is 1. The van der Waals surface area contributed by atoms with Gasteiger partial charge in [-0.3, -0.25) is 4.79 Å². The molecule has 0 radical (unpaired) electrons. The number of halogens is 2. The average molecular weight is 395 g/mol. The van der Waals surface area contributed by atoms with Gasteiger partial charge in [-0.1, -0.05) is 18.9 Å². The average Bonchev–Trinajstić information content (AvgIpc) is 3.06. The van der Waals surface area contributed by atoms with Crippen LogP contribution in [0.4, 0.5) is 10.1 Å². The molecule has 27 heavy (non-hydrogen) atoms. The van der Waals surface area contributed by atoms with Crippen LogP contribution in [0.2, 0.25) is 0 Å². The number of carbonyl (C=O) groups is 1. The molecule has 0 saturated heterocycles. The zero-order valence-electron chi connectivity index (χ0n) is 15.4. The number of nitrogens with one attached hydrogen (secondary N) is 1. The van der Waals surface area contributed by atoms with E-state index in [0.717, 1.165) is 18.4 Å². The predicted molar refractivity (Wildman–Crippen MR) is 105 cm³/mol. The maximum absolute atomic E-state index is 14.4. The number of benzene rings is 2. The van der Waals surface area contributed by atoms with Crippen LogP contribution in [0.3, 0.4) is 0 Å². The van der Waals surface area contributed by atoms with E-state index in [9.17, 15) is 9.18 Å². The Hall–Kier alpha value is -2.31. The van der Waals surface area contributed by atoms with E-state index in [2.05, 4.69) is 5.32 Å². The van der Waals surface area contributed by atoms with Gasteiger partial charge in [-0.15, -0.1) is 12.4 Å². The van der Waals surface area contributed by atoms with E-state index in [0.29, 0.717) is 30.0 Å².